The third-order valence-electron chi connectivity index (χ3n) is 8.16. The van der Waals surface area contributed by atoms with Gasteiger partial charge in [-0.2, -0.15) is 4.39 Å². The van der Waals surface area contributed by atoms with Gasteiger partial charge in [-0.05, 0) is 35.7 Å². The zero-order chi connectivity index (χ0) is 28.6. The summed E-state index contributed by atoms with van der Waals surface area (Å²) in [6.45, 7) is 2.99. The minimum absolute atomic E-state index is 0.0908. The quantitative estimate of drug-likeness (QED) is 0.236. The van der Waals surface area contributed by atoms with Crippen LogP contribution in [0.5, 0.6) is 11.6 Å². The zero-order valence-electron chi connectivity index (χ0n) is 23.1. The first-order valence-corrected chi connectivity index (χ1v) is 13.9. The summed E-state index contributed by atoms with van der Waals surface area (Å²) in [7, 11) is 1.62. The first-order valence-electron chi connectivity index (χ1n) is 13.9. The molecule has 3 aliphatic rings. The van der Waals surface area contributed by atoms with Crippen LogP contribution in [-0.2, 0) is 13.2 Å². The number of aromatic nitrogens is 4. The van der Waals surface area contributed by atoms with Crippen molar-refractivity contribution < 1.29 is 18.7 Å². The fraction of sp³-hybridized carbons (Fsp3) is 0.250. The first kappa shape index (κ1) is 26.1. The summed E-state index contributed by atoms with van der Waals surface area (Å²) in [5, 5.41) is 3.93. The molecular formula is C32H29FN6O3. The molecule has 42 heavy (non-hydrogen) atoms. The van der Waals surface area contributed by atoms with Gasteiger partial charge in [-0.25, -0.2) is 14.5 Å². The minimum atomic E-state index is -0.821. The van der Waals surface area contributed by atoms with E-state index in [9.17, 15) is 9.18 Å². The van der Waals surface area contributed by atoms with Crippen LogP contribution in [0, 0.1) is 5.95 Å². The molecule has 2 atom stereocenters. The maximum Gasteiger partial charge on any atom is 0.244 e. The summed E-state index contributed by atoms with van der Waals surface area (Å²) in [6.07, 6.45) is 6.92. The van der Waals surface area contributed by atoms with Gasteiger partial charge >= 0.3 is 0 Å². The smallest absolute Gasteiger partial charge is 0.244 e. The average molecular weight is 565 g/mol. The van der Waals surface area contributed by atoms with Crippen LogP contribution in [0.15, 0.2) is 79.3 Å². The average Bonchev–Trinajstić information content (AvgIpc) is 3.37. The molecule has 4 aromatic heterocycles. The second-order valence-corrected chi connectivity index (χ2v) is 10.7. The normalized spacial score (nSPS) is 18.1. The molecule has 2 bridgehead atoms. The number of pyridine rings is 3. The molecule has 0 N–H and O–H groups in total. The number of nitrogens with zero attached hydrogens (tertiary/aromatic N) is 6. The number of hydrogen-bond acceptors (Lipinski definition) is 8. The van der Waals surface area contributed by atoms with E-state index in [1.54, 1.807) is 19.5 Å². The van der Waals surface area contributed by atoms with Crippen LogP contribution in [0.4, 0.5) is 10.2 Å². The molecule has 3 aliphatic heterocycles. The number of methoxy groups -OCH3 is 1. The van der Waals surface area contributed by atoms with Gasteiger partial charge in [0.05, 0.1) is 24.4 Å². The van der Waals surface area contributed by atoms with Gasteiger partial charge in [0.2, 0.25) is 11.8 Å². The SMILES string of the molecule is COc1ccc(CN2C3CC2CN(c2ccc(-c4cc(OCc5ccccc5)cn5nc(F)c(C=O)c45)cn2)C3)cn1. The van der Waals surface area contributed by atoms with Crippen LogP contribution in [0.25, 0.3) is 16.6 Å². The van der Waals surface area contributed by atoms with Gasteiger partial charge in [0.1, 0.15) is 18.2 Å². The highest BCUT2D eigenvalue weighted by atomic mass is 19.1. The van der Waals surface area contributed by atoms with Gasteiger partial charge < -0.3 is 14.4 Å². The van der Waals surface area contributed by atoms with Crippen molar-refractivity contribution in [3.8, 4) is 22.8 Å². The number of fused-ring (bicyclic) bond motifs is 3. The maximum absolute atomic E-state index is 14.6. The number of benzene rings is 1. The van der Waals surface area contributed by atoms with E-state index in [1.807, 2.05) is 60.8 Å². The predicted octanol–water partition coefficient (Wildman–Crippen LogP) is 4.79. The van der Waals surface area contributed by atoms with Crippen LogP contribution >= 0.6 is 0 Å². The number of rotatable bonds is 9. The Bertz CT molecular complexity index is 1710. The van der Waals surface area contributed by atoms with Gasteiger partial charge in [0, 0.05) is 61.3 Å². The van der Waals surface area contributed by atoms with E-state index in [2.05, 4.69) is 25.9 Å². The standard InChI is InChI=1S/C32H29FN6O3/c1-41-30-10-7-22(13-35-30)15-38-24-11-25(38)17-37(16-24)29-9-8-23(14-34-29)27-12-26(42-20-21-5-3-2-4-6-21)18-39-31(27)28(19-40)32(33)36-39/h2-10,12-14,18-19,24-25H,11,15-17,20H2,1H3. The lowest BCUT2D eigenvalue weighted by molar-refractivity contribution is -0.00876. The van der Waals surface area contributed by atoms with E-state index in [1.165, 1.54) is 16.5 Å². The lowest BCUT2D eigenvalue weighted by Gasteiger charge is -2.56. The molecule has 9 nitrogen and oxygen atoms in total. The molecule has 0 saturated carbocycles. The zero-order valence-corrected chi connectivity index (χ0v) is 23.1. The molecule has 0 aliphatic carbocycles. The van der Waals surface area contributed by atoms with Crippen molar-refractivity contribution in [2.24, 2.45) is 0 Å². The Hall–Kier alpha value is -4.83. The molecule has 7 heterocycles. The number of piperazine rings is 1. The van der Waals surface area contributed by atoms with Gasteiger partial charge in [0.15, 0.2) is 6.29 Å². The fourth-order valence-corrected chi connectivity index (χ4v) is 6.00. The second-order valence-electron chi connectivity index (χ2n) is 10.7. The van der Waals surface area contributed by atoms with Crippen molar-refractivity contribution in [3.05, 3.63) is 102 Å². The van der Waals surface area contributed by atoms with Crippen LogP contribution in [0.2, 0.25) is 0 Å². The highest BCUT2D eigenvalue weighted by molar-refractivity contribution is 5.95. The molecule has 0 radical (unpaired) electrons. The Morgan fingerprint density at radius 1 is 1.00 bits per heavy atom. The number of halogens is 1. The van der Waals surface area contributed by atoms with Crippen molar-refractivity contribution >= 4 is 17.6 Å². The Kier molecular flexibility index (Phi) is 6.75. The van der Waals surface area contributed by atoms with Gasteiger partial charge in [-0.3, -0.25) is 9.69 Å². The number of carbonyl (C=O) groups is 1. The van der Waals surface area contributed by atoms with Crippen LogP contribution < -0.4 is 14.4 Å². The summed E-state index contributed by atoms with van der Waals surface area (Å²) in [5.41, 5.74) is 3.84. The summed E-state index contributed by atoms with van der Waals surface area (Å²) < 4.78 is 27.2. The van der Waals surface area contributed by atoms with Gasteiger partial charge in [0.25, 0.3) is 0 Å². The van der Waals surface area contributed by atoms with Crippen molar-refractivity contribution in [3.63, 3.8) is 0 Å². The minimum Gasteiger partial charge on any atom is -0.487 e. The predicted molar refractivity (Wildman–Crippen MR) is 155 cm³/mol. The molecule has 0 spiro atoms. The van der Waals surface area contributed by atoms with Crippen LogP contribution in [0.1, 0.15) is 27.9 Å². The lowest BCUT2D eigenvalue weighted by atomic mass is 9.87. The third-order valence-corrected chi connectivity index (χ3v) is 8.16. The maximum atomic E-state index is 14.6. The van der Waals surface area contributed by atoms with Gasteiger partial charge in [-0.15, -0.1) is 5.10 Å². The number of carbonyl (C=O) groups excluding carboxylic acids is 1. The molecular weight excluding hydrogens is 535 g/mol. The summed E-state index contributed by atoms with van der Waals surface area (Å²) in [4.78, 5) is 25.8. The van der Waals surface area contributed by atoms with E-state index >= 15 is 0 Å². The van der Waals surface area contributed by atoms with Crippen molar-refractivity contribution in [1.82, 2.24) is 24.5 Å². The van der Waals surface area contributed by atoms with E-state index in [4.69, 9.17) is 14.5 Å². The van der Waals surface area contributed by atoms with Crippen molar-refractivity contribution in [2.45, 2.75) is 31.7 Å². The monoisotopic (exact) mass is 564 g/mol. The first-order chi connectivity index (χ1) is 20.6. The fourth-order valence-electron chi connectivity index (χ4n) is 6.00. The highest BCUT2D eigenvalue weighted by Crippen LogP contribution is 2.37. The summed E-state index contributed by atoms with van der Waals surface area (Å²) in [6, 6.07) is 20.4. The van der Waals surface area contributed by atoms with Gasteiger partial charge in [-0.1, -0.05) is 36.4 Å². The Morgan fingerprint density at radius 2 is 1.83 bits per heavy atom. The Morgan fingerprint density at radius 3 is 2.52 bits per heavy atom. The molecule has 3 fully saturated rings. The summed E-state index contributed by atoms with van der Waals surface area (Å²) >= 11 is 0. The van der Waals surface area contributed by atoms with E-state index in [-0.39, 0.29) is 5.56 Å². The number of hydrogen-bond donors (Lipinski definition) is 0. The molecule has 212 valence electrons. The van der Waals surface area contributed by atoms with E-state index < -0.39 is 5.95 Å². The number of piperidine rings is 1. The highest BCUT2D eigenvalue weighted by Gasteiger charge is 2.44. The Labute approximate surface area is 242 Å². The van der Waals surface area contributed by atoms with E-state index in [0.29, 0.717) is 47.7 Å². The molecule has 5 aromatic rings. The molecule has 0 amide bonds. The third kappa shape index (κ3) is 4.83. The molecule has 8 rings (SSSR count). The van der Waals surface area contributed by atoms with Crippen molar-refractivity contribution in [2.75, 3.05) is 25.1 Å². The molecule has 2 unspecified atom stereocenters. The number of aldehydes is 1. The van der Waals surface area contributed by atoms with Crippen molar-refractivity contribution in [1.29, 1.82) is 0 Å². The largest absolute Gasteiger partial charge is 0.487 e. The van der Waals surface area contributed by atoms with Crippen LogP contribution in [0.3, 0.4) is 0 Å². The molecule has 3 saturated heterocycles. The Balaban J connectivity index is 1.10. The topological polar surface area (TPSA) is 85.1 Å². The number of ether oxygens (including phenoxy) is 2. The summed E-state index contributed by atoms with van der Waals surface area (Å²) in [5.74, 6) is 1.20. The lowest BCUT2D eigenvalue weighted by Crippen LogP contribution is -2.68. The molecule has 10 heteroatoms. The number of anilines is 1. The molecule has 1 aromatic carbocycles. The second kappa shape index (κ2) is 10.9. The van der Waals surface area contributed by atoms with E-state index in [0.717, 1.165) is 36.6 Å². The van der Waals surface area contributed by atoms with Crippen LogP contribution in [-0.4, -0.2) is 63.1 Å².